The smallest absolute Gasteiger partial charge is 0.123 e. The van der Waals surface area contributed by atoms with Gasteiger partial charge in [-0.25, -0.2) is 4.39 Å². The molecule has 0 fully saturated rings. The van der Waals surface area contributed by atoms with Gasteiger partial charge in [0.05, 0.1) is 6.61 Å². The molecule has 1 aromatic rings. The van der Waals surface area contributed by atoms with Gasteiger partial charge < -0.3 is 10.1 Å². The van der Waals surface area contributed by atoms with Crippen LogP contribution in [0.25, 0.3) is 0 Å². The number of hydrogen-bond donors (Lipinski definition) is 1. The summed E-state index contributed by atoms with van der Waals surface area (Å²) in [6.45, 7) is 4.76. The van der Waals surface area contributed by atoms with Gasteiger partial charge in [-0.2, -0.15) is 0 Å². The monoisotopic (exact) mass is 295 g/mol. The van der Waals surface area contributed by atoms with Crippen LogP contribution in [0.5, 0.6) is 0 Å². The highest BCUT2D eigenvalue weighted by molar-refractivity contribution is 5.20. The first kappa shape index (κ1) is 18.1. The average molecular weight is 295 g/mol. The predicted molar refractivity (Wildman–Crippen MR) is 87.3 cm³/mol. The molecule has 0 aromatic heterocycles. The maximum Gasteiger partial charge on any atom is 0.123 e. The molecule has 1 N–H and O–H groups in total. The van der Waals surface area contributed by atoms with Crippen molar-refractivity contribution < 1.29 is 9.13 Å². The number of unbranched alkanes of at least 4 members (excludes halogenated alkanes) is 4. The molecule has 1 aromatic carbocycles. The van der Waals surface area contributed by atoms with Crippen LogP contribution in [0.2, 0.25) is 0 Å². The normalized spacial score (nSPS) is 12.5. The Morgan fingerprint density at radius 2 is 1.81 bits per heavy atom. The van der Waals surface area contributed by atoms with Crippen molar-refractivity contribution in [3.05, 3.63) is 35.6 Å². The summed E-state index contributed by atoms with van der Waals surface area (Å²) in [6.07, 6.45) is 7.63. The van der Waals surface area contributed by atoms with Crippen LogP contribution in [0, 0.1) is 5.82 Å². The van der Waals surface area contributed by atoms with Crippen molar-refractivity contribution in [1.82, 2.24) is 5.32 Å². The fourth-order valence-electron chi connectivity index (χ4n) is 2.57. The van der Waals surface area contributed by atoms with Crippen molar-refractivity contribution in [1.29, 1.82) is 0 Å². The van der Waals surface area contributed by atoms with Crippen molar-refractivity contribution in [2.24, 2.45) is 0 Å². The van der Waals surface area contributed by atoms with Crippen molar-refractivity contribution in [3.63, 3.8) is 0 Å². The van der Waals surface area contributed by atoms with Gasteiger partial charge in [-0.3, -0.25) is 0 Å². The number of nitrogens with one attached hydrogen (secondary N) is 1. The summed E-state index contributed by atoms with van der Waals surface area (Å²) in [5, 5.41) is 3.43. The van der Waals surface area contributed by atoms with E-state index in [2.05, 4.69) is 12.2 Å². The molecular weight excluding hydrogens is 265 g/mol. The van der Waals surface area contributed by atoms with Gasteiger partial charge in [-0.05, 0) is 30.0 Å². The Labute approximate surface area is 129 Å². The first-order valence-electron chi connectivity index (χ1n) is 8.23. The Hall–Kier alpha value is -0.930. The Bertz CT molecular complexity index is 353. The van der Waals surface area contributed by atoms with Gasteiger partial charge in [0.1, 0.15) is 5.82 Å². The first-order chi connectivity index (χ1) is 10.3. The summed E-state index contributed by atoms with van der Waals surface area (Å²) >= 11 is 0. The van der Waals surface area contributed by atoms with Crippen LogP contribution in [-0.2, 0) is 4.74 Å². The zero-order chi connectivity index (χ0) is 15.3. The van der Waals surface area contributed by atoms with Crippen LogP contribution in [0.1, 0.15) is 56.9 Å². The topological polar surface area (TPSA) is 21.3 Å². The standard InChI is InChI=1S/C18H30FNO/c1-3-4-5-6-7-8-17(15-20-13-14-21-2)16-9-11-18(19)12-10-16/h9-12,17,20H,3-8,13-15H2,1-2H3. The molecule has 0 saturated heterocycles. The van der Waals surface area contributed by atoms with E-state index in [1.165, 1.54) is 37.7 Å². The molecule has 0 aliphatic rings. The van der Waals surface area contributed by atoms with Crippen LogP contribution in [0.4, 0.5) is 4.39 Å². The number of benzene rings is 1. The molecule has 2 nitrogen and oxygen atoms in total. The number of ether oxygens (including phenoxy) is 1. The third-order valence-electron chi connectivity index (χ3n) is 3.87. The first-order valence-corrected chi connectivity index (χ1v) is 8.23. The molecule has 0 aliphatic heterocycles. The highest BCUT2D eigenvalue weighted by Gasteiger charge is 2.11. The molecule has 0 saturated carbocycles. The second kappa shape index (κ2) is 11.7. The lowest BCUT2D eigenvalue weighted by atomic mass is 9.92. The van der Waals surface area contributed by atoms with Crippen LogP contribution in [-0.4, -0.2) is 26.8 Å². The SMILES string of the molecule is CCCCCCCC(CNCCOC)c1ccc(F)cc1. The summed E-state index contributed by atoms with van der Waals surface area (Å²) in [6, 6.07) is 6.97. The molecule has 1 rings (SSSR count). The number of methoxy groups -OCH3 is 1. The van der Waals surface area contributed by atoms with Gasteiger partial charge in [0, 0.05) is 20.2 Å². The lowest BCUT2D eigenvalue weighted by Gasteiger charge is -2.18. The van der Waals surface area contributed by atoms with Gasteiger partial charge in [0.25, 0.3) is 0 Å². The highest BCUT2D eigenvalue weighted by atomic mass is 19.1. The number of hydrogen-bond acceptors (Lipinski definition) is 2. The average Bonchev–Trinajstić information content (AvgIpc) is 2.50. The quantitative estimate of drug-likeness (QED) is 0.573. The molecule has 1 atom stereocenters. The van der Waals surface area contributed by atoms with Gasteiger partial charge in [-0.1, -0.05) is 51.2 Å². The molecule has 21 heavy (non-hydrogen) atoms. The van der Waals surface area contributed by atoms with E-state index < -0.39 is 0 Å². The van der Waals surface area contributed by atoms with Crippen LogP contribution < -0.4 is 5.32 Å². The molecule has 1 unspecified atom stereocenters. The summed E-state index contributed by atoms with van der Waals surface area (Å²) in [4.78, 5) is 0. The summed E-state index contributed by atoms with van der Waals surface area (Å²) in [5.41, 5.74) is 1.23. The van der Waals surface area contributed by atoms with Crippen LogP contribution in [0.3, 0.4) is 0 Å². The molecule has 0 spiro atoms. The van der Waals surface area contributed by atoms with Crippen LogP contribution in [0.15, 0.2) is 24.3 Å². The van der Waals surface area contributed by atoms with E-state index in [9.17, 15) is 4.39 Å². The Kier molecular flexibility index (Phi) is 10.1. The van der Waals surface area contributed by atoms with Crippen molar-refractivity contribution >= 4 is 0 Å². The van der Waals surface area contributed by atoms with E-state index in [1.807, 2.05) is 12.1 Å². The second-order valence-electron chi connectivity index (χ2n) is 5.65. The molecule has 0 bridgehead atoms. The maximum atomic E-state index is 13.1. The predicted octanol–water partition coefficient (Wildman–Crippen LogP) is 4.51. The third kappa shape index (κ3) is 8.18. The second-order valence-corrected chi connectivity index (χ2v) is 5.65. The fraction of sp³-hybridized carbons (Fsp3) is 0.667. The van der Waals surface area contributed by atoms with Gasteiger partial charge in [0.2, 0.25) is 0 Å². The van der Waals surface area contributed by atoms with E-state index >= 15 is 0 Å². The zero-order valence-corrected chi connectivity index (χ0v) is 13.5. The lowest BCUT2D eigenvalue weighted by molar-refractivity contribution is 0.198. The van der Waals surface area contributed by atoms with E-state index in [1.54, 1.807) is 19.2 Å². The van der Waals surface area contributed by atoms with E-state index in [0.717, 1.165) is 26.1 Å². The third-order valence-corrected chi connectivity index (χ3v) is 3.87. The summed E-state index contributed by atoms with van der Waals surface area (Å²) < 4.78 is 18.1. The zero-order valence-electron chi connectivity index (χ0n) is 13.5. The van der Waals surface area contributed by atoms with E-state index in [4.69, 9.17) is 4.74 Å². The molecule has 0 radical (unpaired) electrons. The van der Waals surface area contributed by atoms with E-state index in [0.29, 0.717) is 5.92 Å². The maximum absolute atomic E-state index is 13.1. The molecular formula is C18H30FNO. The number of rotatable bonds is 12. The molecule has 0 amide bonds. The summed E-state index contributed by atoms with van der Waals surface area (Å²) in [7, 11) is 1.72. The Morgan fingerprint density at radius 3 is 2.48 bits per heavy atom. The Morgan fingerprint density at radius 1 is 1.10 bits per heavy atom. The molecule has 3 heteroatoms. The van der Waals surface area contributed by atoms with Gasteiger partial charge in [-0.15, -0.1) is 0 Å². The highest BCUT2D eigenvalue weighted by Crippen LogP contribution is 2.22. The minimum atomic E-state index is -0.159. The van der Waals surface area contributed by atoms with E-state index in [-0.39, 0.29) is 5.82 Å². The minimum absolute atomic E-state index is 0.159. The number of halogens is 1. The largest absolute Gasteiger partial charge is 0.383 e. The molecule has 0 heterocycles. The molecule has 0 aliphatic carbocycles. The van der Waals surface area contributed by atoms with Gasteiger partial charge in [0.15, 0.2) is 0 Å². The van der Waals surface area contributed by atoms with Crippen LogP contribution >= 0.6 is 0 Å². The minimum Gasteiger partial charge on any atom is -0.383 e. The van der Waals surface area contributed by atoms with Crippen molar-refractivity contribution in [2.45, 2.75) is 51.4 Å². The van der Waals surface area contributed by atoms with Crippen molar-refractivity contribution in [3.8, 4) is 0 Å². The lowest BCUT2D eigenvalue weighted by Crippen LogP contribution is -2.25. The Balaban J connectivity index is 2.43. The molecule has 120 valence electrons. The van der Waals surface area contributed by atoms with Crippen molar-refractivity contribution in [2.75, 3.05) is 26.8 Å². The fourth-order valence-corrected chi connectivity index (χ4v) is 2.57. The van der Waals surface area contributed by atoms with Gasteiger partial charge >= 0.3 is 0 Å². The summed E-state index contributed by atoms with van der Waals surface area (Å²) in [5.74, 6) is 0.303.